The topological polar surface area (TPSA) is 12.0 Å². The Bertz CT molecular complexity index is 576. The summed E-state index contributed by atoms with van der Waals surface area (Å²) in [5, 5.41) is 3.15. The minimum Gasteiger partial charge on any atom is -0.312 e. The zero-order chi connectivity index (χ0) is 14.0. The Balaban J connectivity index is 2.41. The molecule has 0 radical (unpaired) electrons. The molecule has 0 bridgehead atoms. The van der Waals surface area contributed by atoms with E-state index in [1.165, 1.54) is 17.4 Å². The van der Waals surface area contributed by atoms with Gasteiger partial charge in [0.2, 0.25) is 0 Å². The first-order valence-electron chi connectivity index (χ1n) is 5.99. The molecule has 1 heterocycles. The number of hydrogen-bond donors (Lipinski definition) is 1. The van der Waals surface area contributed by atoms with Gasteiger partial charge >= 0.3 is 0 Å². The van der Waals surface area contributed by atoms with Crippen molar-refractivity contribution in [2.45, 2.75) is 19.4 Å². The van der Waals surface area contributed by atoms with Gasteiger partial charge in [0.15, 0.2) is 17.5 Å². The van der Waals surface area contributed by atoms with E-state index in [9.17, 15) is 13.2 Å². The van der Waals surface area contributed by atoms with Crippen LogP contribution in [0, 0.1) is 17.5 Å². The number of hydrogen-bond acceptors (Lipinski definition) is 2. The van der Waals surface area contributed by atoms with Crippen LogP contribution in [0.5, 0.6) is 0 Å². The minimum absolute atomic E-state index is 0.0982. The number of nitrogens with one attached hydrogen (secondary N) is 1. The predicted octanol–water partition coefficient (Wildman–Crippen LogP) is 4.50. The summed E-state index contributed by atoms with van der Waals surface area (Å²) in [5.41, 5.74) is 0.0982. The van der Waals surface area contributed by atoms with Crippen molar-refractivity contribution in [2.24, 2.45) is 0 Å². The molecule has 0 spiro atoms. The van der Waals surface area contributed by atoms with Gasteiger partial charge in [0.1, 0.15) is 0 Å². The van der Waals surface area contributed by atoms with Gasteiger partial charge in [0.05, 0.1) is 0 Å². The summed E-state index contributed by atoms with van der Waals surface area (Å²) in [5.74, 6) is -3.72. The normalized spacial score (nSPS) is 12.7. The van der Waals surface area contributed by atoms with E-state index in [2.05, 4.69) is 5.32 Å². The second-order valence-electron chi connectivity index (χ2n) is 4.17. The number of halogens is 3. The average molecular weight is 285 g/mol. The molecule has 0 aliphatic carbocycles. The van der Waals surface area contributed by atoms with Crippen molar-refractivity contribution in [3.8, 4) is 10.4 Å². The molecule has 102 valence electrons. The van der Waals surface area contributed by atoms with Crippen LogP contribution in [0.15, 0.2) is 24.3 Å². The molecule has 0 aliphatic heterocycles. The van der Waals surface area contributed by atoms with Crippen molar-refractivity contribution < 1.29 is 13.2 Å². The highest BCUT2D eigenvalue weighted by atomic mass is 32.1. The molecule has 1 N–H and O–H groups in total. The van der Waals surface area contributed by atoms with Crippen molar-refractivity contribution in [1.29, 1.82) is 0 Å². The zero-order valence-corrected chi connectivity index (χ0v) is 11.5. The van der Waals surface area contributed by atoms with Gasteiger partial charge in [-0.05, 0) is 37.7 Å². The van der Waals surface area contributed by atoms with Gasteiger partial charge in [0.25, 0.3) is 0 Å². The molecule has 2 rings (SSSR count). The summed E-state index contributed by atoms with van der Waals surface area (Å²) in [7, 11) is 1.85. The number of rotatable bonds is 4. The maximum absolute atomic E-state index is 13.7. The second-order valence-corrected chi connectivity index (χ2v) is 5.29. The Labute approximate surface area is 114 Å². The maximum atomic E-state index is 13.7. The van der Waals surface area contributed by atoms with Crippen LogP contribution in [0.4, 0.5) is 13.2 Å². The predicted molar refractivity (Wildman–Crippen MR) is 71.7 cm³/mol. The molecule has 0 saturated carbocycles. The van der Waals surface area contributed by atoms with Crippen LogP contribution >= 0.6 is 11.3 Å². The van der Waals surface area contributed by atoms with Gasteiger partial charge in [-0.1, -0.05) is 6.92 Å². The van der Waals surface area contributed by atoms with Gasteiger partial charge in [-0.2, -0.15) is 0 Å². The third-order valence-corrected chi connectivity index (χ3v) is 4.26. The van der Waals surface area contributed by atoms with Crippen molar-refractivity contribution in [1.82, 2.24) is 5.32 Å². The lowest BCUT2D eigenvalue weighted by Crippen LogP contribution is -2.13. The average Bonchev–Trinajstić information content (AvgIpc) is 2.87. The fourth-order valence-electron chi connectivity index (χ4n) is 1.95. The molecule has 1 unspecified atom stereocenters. The minimum atomic E-state index is -1.42. The van der Waals surface area contributed by atoms with Crippen LogP contribution in [-0.2, 0) is 0 Å². The van der Waals surface area contributed by atoms with Gasteiger partial charge in [-0.25, -0.2) is 13.2 Å². The number of thiophene rings is 1. The third-order valence-electron chi connectivity index (χ3n) is 3.03. The monoisotopic (exact) mass is 285 g/mol. The van der Waals surface area contributed by atoms with Gasteiger partial charge in [-0.15, -0.1) is 11.3 Å². The van der Waals surface area contributed by atoms with E-state index in [0.29, 0.717) is 4.88 Å². The van der Waals surface area contributed by atoms with E-state index in [1.807, 2.05) is 20.0 Å². The fraction of sp³-hybridized carbons (Fsp3) is 0.286. The first kappa shape index (κ1) is 14.1. The van der Waals surface area contributed by atoms with Crippen LogP contribution in [0.1, 0.15) is 24.3 Å². The molecule has 1 nitrogen and oxygen atoms in total. The van der Waals surface area contributed by atoms with Crippen molar-refractivity contribution in [2.75, 3.05) is 7.05 Å². The highest BCUT2D eigenvalue weighted by Crippen LogP contribution is 2.34. The Kier molecular flexibility index (Phi) is 4.27. The molecule has 0 saturated heterocycles. The Hall–Kier alpha value is -1.33. The third kappa shape index (κ3) is 2.67. The first-order chi connectivity index (χ1) is 9.08. The molecule has 0 fully saturated rings. The van der Waals surface area contributed by atoms with Gasteiger partial charge in [0, 0.05) is 21.4 Å². The lowest BCUT2D eigenvalue weighted by Gasteiger charge is -2.10. The summed E-state index contributed by atoms with van der Waals surface area (Å²) in [4.78, 5) is 1.64. The molecule has 0 aliphatic rings. The van der Waals surface area contributed by atoms with E-state index in [4.69, 9.17) is 0 Å². The van der Waals surface area contributed by atoms with Crippen LogP contribution in [0.2, 0.25) is 0 Å². The van der Waals surface area contributed by atoms with E-state index in [0.717, 1.165) is 17.4 Å². The Morgan fingerprint density at radius 2 is 1.84 bits per heavy atom. The van der Waals surface area contributed by atoms with E-state index in [-0.39, 0.29) is 11.6 Å². The summed E-state index contributed by atoms with van der Waals surface area (Å²) in [6.07, 6.45) is 0.900. The highest BCUT2D eigenvalue weighted by molar-refractivity contribution is 7.15. The molecule has 1 aromatic heterocycles. The summed E-state index contributed by atoms with van der Waals surface area (Å²) in [6.45, 7) is 2.04. The van der Waals surface area contributed by atoms with Crippen molar-refractivity contribution in [3.63, 3.8) is 0 Å². The fourth-order valence-corrected chi connectivity index (χ4v) is 3.17. The smallest absolute Gasteiger partial charge is 0.195 e. The summed E-state index contributed by atoms with van der Waals surface area (Å²) >= 11 is 1.38. The van der Waals surface area contributed by atoms with Crippen LogP contribution in [-0.4, -0.2) is 7.05 Å². The van der Waals surface area contributed by atoms with Gasteiger partial charge < -0.3 is 5.32 Å². The molecule has 19 heavy (non-hydrogen) atoms. The van der Waals surface area contributed by atoms with Gasteiger partial charge in [-0.3, -0.25) is 0 Å². The molecular weight excluding hydrogens is 271 g/mol. The Morgan fingerprint density at radius 1 is 1.11 bits per heavy atom. The Morgan fingerprint density at radius 3 is 2.47 bits per heavy atom. The lowest BCUT2D eigenvalue weighted by atomic mass is 10.1. The highest BCUT2D eigenvalue weighted by Gasteiger charge is 2.17. The second kappa shape index (κ2) is 5.75. The summed E-state index contributed by atoms with van der Waals surface area (Å²) < 4.78 is 39.8. The van der Waals surface area contributed by atoms with E-state index < -0.39 is 17.5 Å². The first-order valence-corrected chi connectivity index (χ1v) is 6.81. The SMILES string of the molecule is CCC(NC)c1ccc(-c2ccc(F)c(F)c2F)s1. The van der Waals surface area contributed by atoms with E-state index >= 15 is 0 Å². The van der Waals surface area contributed by atoms with E-state index in [1.54, 1.807) is 6.07 Å². The quantitative estimate of drug-likeness (QED) is 0.815. The lowest BCUT2D eigenvalue weighted by molar-refractivity contribution is 0.449. The van der Waals surface area contributed by atoms with Crippen LogP contribution in [0.3, 0.4) is 0 Å². The van der Waals surface area contributed by atoms with Crippen LogP contribution < -0.4 is 5.32 Å². The largest absolute Gasteiger partial charge is 0.312 e. The zero-order valence-electron chi connectivity index (χ0n) is 10.6. The van der Waals surface area contributed by atoms with Crippen molar-refractivity contribution >= 4 is 11.3 Å². The summed E-state index contributed by atoms with van der Waals surface area (Å²) in [6, 6.07) is 6.01. The molecule has 1 atom stereocenters. The standard InChI is InChI=1S/C14H14F3NS/c1-3-10(18-2)12-7-6-11(19-12)8-4-5-9(15)14(17)13(8)16/h4-7,10,18H,3H2,1-2H3. The molecule has 2 aromatic rings. The molecular formula is C14H14F3NS. The molecule has 5 heteroatoms. The molecule has 1 aromatic carbocycles. The maximum Gasteiger partial charge on any atom is 0.195 e. The van der Waals surface area contributed by atoms with Crippen LogP contribution in [0.25, 0.3) is 10.4 Å². The molecule has 0 amide bonds. The number of benzene rings is 1. The van der Waals surface area contributed by atoms with Crippen molar-refractivity contribution in [3.05, 3.63) is 46.6 Å².